The van der Waals surface area contributed by atoms with Crippen molar-refractivity contribution in [2.75, 3.05) is 12.3 Å². The fourth-order valence-electron chi connectivity index (χ4n) is 2.12. The zero-order valence-electron chi connectivity index (χ0n) is 13.3. The number of primary amides is 1. The molecule has 6 nitrogen and oxygen atoms in total. The van der Waals surface area contributed by atoms with Gasteiger partial charge in [0, 0.05) is 5.56 Å². The Bertz CT molecular complexity index is 747. The van der Waals surface area contributed by atoms with Crippen LogP contribution in [-0.2, 0) is 0 Å². The predicted molar refractivity (Wildman–Crippen MR) is 93.2 cm³/mol. The number of benzene rings is 1. The Morgan fingerprint density at radius 2 is 2.04 bits per heavy atom. The van der Waals surface area contributed by atoms with Crippen molar-refractivity contribution in [2.45, 2.75) is 20.8 Å². The van der Waals surface area contributed by atoms with Gasteiger partial charge < -0.3 is 16.2 Å². The first-order valence-electron chi connectivity index (χ1n) is 7.16. The number of rotatable bonds is 5. The summed E-state index contributed by atoms with van der Waals surface area (Å²) in [6.07, 6.45) is 0. The minimum atomic E-state index is -0.589. The predicted octanol–water partition coefficient (Wildman–Crippen LogP) is 2.93. The Balaban J connectivity index is 2.47. The average Bonchev–Trinajstić information content (AvgIpc) is 2.44. The molecule has 122 valence electrons. The van der Waals surface area contributed by atoms with Gasteiger partial charge in [0.15, 0.2) is 0 Å². The van der Waals surface area contributed by atoms with Gasteiger partial charge in [-0.1, -0.05) is 13.8 Å². The normalized spacial score (nSPS) is 10.8. The van der Waals surface area contributed by atoms with Crippen LogP contribution >= 0.6 is 15.9 Å². The molecule has 0 aliphatic heterocycles. The van der Waals surface area contributed by atoms with Gasteiger partial charge in [-0.2, -0.15) is 0 Å². The van der Waals surface area contributed by atoms with E-state index in [-0.39, 0.29) is 11.5 Å². The number of ether oxygens (including phenoxy) is 1. The molecule has 0 saturated carbocycles. The van der Waals surface area contributed by atoms with Gasteiger partial charge in [0.05, 0.1) is 28.0 Å². The minimum absolute atomic E-state index is 0.0961. The third-order valence-corrected chi connectivity index (χ3v) is 3.75. The van der Waals surface area contributed by atoms with E-state index in [1.807, 2.05) is 18.2 Å². The number of hydrogen-bond donors (Lipinski definition) is 2. The number of carbonyl (C=O) groups excluding carboxylic acids is 1. The summed E-state index contributed by atoms with van der Waals surface area (Å²) in [5, 5.41) is 0. The van der Waals surface area contributed by atoms with Crippen LogP contribution < -0.4 is 16.2 Å². The molecule has 1 amide bonds. The Labute approximate surface area is 143 Å². The standard InChI is InChI=1S/C16H19BrN4O2/c1-8(2)7-23-12-5-4-10(6-11(12)17)14-13(15(18)22)9(3)20-16(19)21-14/h4-6,8H,7H2,1-3H3,(H2,18,22)(H2,19,20,21). The summed E-state index contributed by atoms with van der Waals surface area (Å²) in [5.74, 6) is 0.654. The van der Waals surface area contributed by atoms with Gasteiger partial charge in [-0.15, -0.1) is 0 Å². The molecule has 23 heavy (non-hydrogen) atoms. The van der Waals surface area contributed by atoms with E-state index >= 15 is 0 Å². The molecule has 2 aromatic rings. The monoisotopic (exact) mass is 378 g/mol. The van der Waals surface area contributed by atoms with Crippen LogP contribution in [0.4, 0.5) is 5.95 Å². The highest BCUT2D eigenvalue weighted by Gasteiger charge is 2.18. The van der Waals surface area contributed by atoms with Crippen molar-refractivity contribution in [3.8, 4) is 17.0 Å². The van der Waals surface area contributed by atoms with Crippen LogP contribution in [0.5, 0.6) is 5.75 Å². The molecule has 0 spiro atoms. The van der Waals surface area contributed by atoms with E-state index in [0.29, 0.717) is 29.5 Å². The van der Waals surface area contributed by atoms with E-state index in [1.54, 1.807) is 6.92 Å². The van der Waals surface area contributed by atoms with Crippen molar-refractivity contribution in [3.63, 3.8) is 0 Å². The van der Waals surface area contributed by atoms with E-state index in [1.165, 1.54) is 0 Å². The van der Waals surface area contributed by atoms with Crippen LogP contribution in [0, 0.1) is 12.8 Å². The maximum absolute atomic E-state index is 11.7. The van der Waals surface area contributed by atoms with Crippen LogP contribution in [0.2, 0.25) is 0 Å². The molecule has 1 heterocycles. The second-order valence-corrected chi connectivity index (χ2v) is 6.46. The molecule has 1 aromatic heterocycles. The molecule has 0 radical (unpaired) electrons. The van der Waals surface area contributed by atoms with E-state index in [4.69, 9.17) is 16.2 Å². The molecule has 2 rings (SSSR count). The zero-order chi connectivity index (χ0) is 17.1. The number of aromatic nitrogens is 2. The SMILES string of the molecule is Cc1nc(N)nc(-c2ccc(OCC(C)C)c(Br)c2)c1C(N)=O. The van der Waals surface area contributed by atoms with E-state index < -0.39 is 5.91 Å². The van der Waals surface area contributed by atoms with Gasteiger partial charge in [0.1, 0.15) is 5.75 Å². The number of nitrogen functional groups attached to an aromatic ring is 1. The van der Waals surface area contributed by atoms with Crippen molar-refractivity contribution in [1.82, 2.24) is 9.97 Å². The molecule has 0 saturated heterocycles. The lowest BCUT2D eigenvalue weighted by Crippen LogP contribution is -2.17. The Kier molecular flexibility index (Phi) is 5.20. The number of amides is 1. The molecule has 4 N–H and O–H groups in total. The molecular formula is C16H19BrN4O2. The fraction of sp³-hybridized carbons (Fsp3) is 0.312. The highest BCUT2D eigenvalue weighted by atomic mass is 79.9. The van der Waals surface area contributed by atoms with Crippen LogP contribution in [0.15, 0.2) is 22.7 Å². The zero-order valence-corrected chi connectivity index (χ0v) is 14.8. The van der Waals surface area contributed by atoms with Crippen LogP contribution in [0.1, 0.15) is 29.9 Å². The maximum atomic E-state index is 11.7. The van der Waals surface area contributed by atoms with E-state index in [0.717, 1.165) is 10.2 Å². The molecule has 1 aromatic carbocycles. The molecule has 7 heteroatoms. The van der Waals surface area contributed by atoms with Crippen LogP contribution in [-0.4, -0.2) is 22.5 Å². The molecule has 0 aliphatic carbocycles. The average molecular weight is 379 g/mol. The quantitative estimate of drug-likeness (QED) is 0.831. The Morgan fingerprint density at radius 1 is 1.35 bits per heavy atom. The highest BCUT2D eigenvalue weighted by Crippen LogP contribution is 2.32. The molecule has 0 bridgehead atoms. The number of anilines is 1. The number of nitrogens with two attached hydrogens (primary N) is 2. The fourth-order valence-corrected chi connectivity index (χ4v) is 2.61. The first-order chi connectivity index (χ1) is 10.8. The first-order valence-corrected chi connectivity index (χ1v) is 7.95. The minimum Gasteiger partial charge on any atom is -0.492 e. The number of halogens is 1. The summed E-state index contributed by atoms with van der Waals surface area (Å²) < 4.78 is 6.48. The van der Waals surface area contributed by atoms with Crippen molar-refractivity contribution < 1.29 is 9.53 Å². The Morgan fingerprint density at radius 3 is 2.61 bits per heavy atom. The number of hydrogen-bond acceptors (Lipinski definition) is 5. The molecule has 0 fully saturated rings. The summed E-state index contributed by atoms with van der Waals surface area (Å²) in [4.78, 5) is 19.9. The van der Waals surface area contributed by atoms with Crippen molar-refractivity contribution in [1.29, 1.82) is 0 Å². The van der Waals surface area contributed by atoms with Crippen molar-refractivity contribution >= 4 is 27.8 Å². The van der Waals surface area contributed by atoms with Gasteiger partial charge in [-0.05, 0) is 47.0 Å². The van der Waals surface area contributed by atoms with E-state index in [9.17, 15) is 4.79 Å². The molecule has 0 aliphatic rings. The summed E-state index contributed by atoms with van der Waals surface area (Å²) >= 11 is 3.48. The number of nitrogens with zero attached hydrogens (tertiary/aromatic N) is 2. The second kappa shape index (κ2) is 6.95. The smallest absolute Gasteiger partial charge is 0.252 e. The Hall–Kier alpha value is -2.15. The summed E-state index contributed by atoms with van der Waals surface area (Å²) in [7, 11) is 0. The molecular weight excluding hydrogens is 360 g/mol. The van der Waals surface area contributed by atoms with E-state index in [2.05, 4.69) is 39.7 Å². The highest BCUT2D eigenvalue weighted by molar-refractivity contribution is 9.10. The lowest BCUT2D eigenvalue weighted by molar-refractivity contribution is 0.0999. The summed E-state index contributed by atoms with van der Waals surface area (Å²) in [6, 6.07) is 5.46. The van der Waals surface area contributed by atoms with Crippen LogP contribution in [0.25, 0.3) is 11.3 Å². The molecule has 0 atom stereocenters. The van der Waals surface area contributed by atoms with Gasteiger partial charge in [-0.3, -0.25) is 4.79 Å². The van der Waals surface area contributed by atoms with Crippen LogP contribution in [0.3, 0.4) is 0 Å². The number of aryl methyl sites for hydroxylation is 1. The second-order valence-electron chi connectivity index (χ2n) is 5.61. The maximum Gasteiger partial charge on any atom is 0.252 e. The first kappa shape index (κ1) is 17.2. The lowest BCUT2D eigenvalue weighted by atomic mass is 10.0. The van der Waals surface area contributed by atoms with Crippen molar-refractivity contribution in [3.05, 3.63) is 33.9 Å². The number of carbonyl (C=O) groups is 1. The third-order valence-electron chi connectivity index (χ3n) is 3.13. The molecule has 0 unspecified atom stereocenters. The topological polar surface area (TPSA) is 104 Å². The largest absolute Gasteiger partial charge is 0.492 e. The van der Waals surface area contributed by atoms with Gasteiger partial charge in [-0.25, -0.2) is 9.97 Å². The lowest BCUT2D eigenvalue weighted by Gasteiger charge is -2.13. The third kappa shape index (κ3) is 3.98. The van der Waals surface area contributed by atoms with Crippen molar-refractivity contribution in [2.24, 2.45) is 11.7 Å². The van der Waals surface area contributed by atoms with Gasteiger partial charge in [0.2, 0.25) is 5.95 Å². The van der Waals surface area contributed by atoms with Gasteiger partial charge in [0.25, 0.3) is 5.91 Å². The summed E-state index contributed by atoms with van der Waals surface area (Å²) in [6.45, 7) is 6.45. The van der Waals surface area contributed by atoms with Gasteiger partial charge >= 0.3 is 0 Å². The summed E-state index contributed by atoms with van der Waals surface area (Å²) in [5.41, 5.74) is 13.0.